The first-order valence-corrected chi connectivity index (χ1v) is 6.55. The summed E-state index contributed by atoms with van der Waals surface area (Å²) in [6.07, 6.45) is 3.36. The van der Waals surface area contributed by atoms with E-state index in [0.717, 1.165) is 15.0 Å². The lowest BCUT2D eigenvalue weighted by atomic mass is 10.2. The van der Waals surface area contributed by atoms with Crippen molar-refractivity contribution in [3.8, 4) is 0 Å². The highest BCUT2D eigenvalue weighted by Crippen LogP contribution is 2.11. The number of aromatic nitrogens is 2. The number of rotatable bonds is 3. The molecule has 2 aromatic rings. The van der Waals surface area contributed by atoms with Crippen LogP contribution in [-0.4, -0.2) is 15.9 Å². The van der Waals surface area contributed by atoms with E-state index in [1.165, 1.54) is 0 Å². The maximum atomic E-state index is 11.9. The number of carbonyl (C=O) groups excluding carboxylic acids is 1. The molecule has 0 aliphatic heterocycles. The van der Waals surface area contributed by atoms with E-state index in [9.17, 15) is 4.79 Å². The molecule has 0 spiro atoms. The predicted octanol–water partition coefficient (Wildman–Crippen LogP) is 2.32. The highest BCUT2D eigenvalue weighted by molar-refractivity contribution is 14.1. The van der Waals surface area contributed by atoms with Gasteiger partial charge in [-0.1, -0.05) is 12.1 Å². The van der Waals surface area contributed by atoms with Crippen molar-refractivity contribution in [1.29, 1.82) is 0 Å². The van der Waals surface area contributed by atoms with Crippen molar-refractivity contribution in [3.05, 3.63) is 57.2 Å². The normalized spacial score (nSPS) is 10.1. The van der Waals surface area contributed by atoms with Crippen LogP contribution < -0.4 is 5.32 Å². The fourth-order valence-electron chi connectivity index (χ4n) is 1.42. The van der Waals surface area contributed by atoms with Gasteiger partial charge < -0.3 is 5.32 Å². The number of carbonyl (C=O) groups is 1. The fraction of sp³-hybridized carbons (Fsp3) is 0.154. The molecular formula is C13H12IN3O. The van der Waals surface area contributed by atoms with Crippen LogP contribution in [0.3, 0.4) is 0 Å². The Morgan fingerprint density at radius 3 is 2.72 bits per heavy atom. The van der Waals surface area contributed by atoms with Gasteiger partial charge in [-0.3, -0.25) is 14.8 Å². The zero-order valence-electron chi connectivity index (χ0n) is 9.85. The van der Waals surface area contributed by atoms with E-state index in [1.807, 2.05) is 25.1 Å². The van der Waals surface area contributed by atoms with E-state index in [0.29, 0.717) is 12.1 Å². The van der Waals surface area contributed by atoms with Gasteiger partial charge in [-0.05, 0) is 41.6 Å². The van der Waals surface area contributed by atoms with Crippen LogP contribution in [0.5, 0.6) is 0 Å². The largest absolute Gasteiger partial charge is 0.346 e. The second kappa shape index (κ2) is 5.90. The highest BCUT2D eigenvalue weighted by atomic mass is 127. The molecule has 5 heteroatoms. The van der Waals surface area contributed by atoms with Crippen molar-refractivity contribution in [2.24, 2.45) is 0 Å². The van der Waals surface area contributed by atoms with Gasteiger partial charge in [0.05, 0.1) is 29.7 Å². The van der Waals surface area contributed by atoms with Crippen molar-refractivity contribution >= 4 is 28.5 Å². The van der Waals surface area contributed by atoms with Gasteiger partial charge in [-0.2, -0.15) is 0 Å². The second-order valence-corrected chi connectivity index (χ2v) is 4.97. The number of aryl methyl sites for hydroxylation is 1. The van der Waals surface area contributed by atoms with Gasteiger partial charge >= 0.3 is 0 Å². The Kier molecular flexibility index (Phi) is 4.24. The number of nitrogens with zero attached hydrogens (tertiary/aromatic N) is 2. The number of hydrogen-bond acceptors (Lipinski definition) is 3. The molecule has 4 nitrogen and oxygen atoms in total. The van der Waals surface area contributed by atoms with Gasteiger partial charge in [0.2, 0.25) is 0 Å². The van der Waals surface area contributed by atoms with Crippen molar-refractivity contribution in [2.45, 2.75) is 13.5 Å². The number of hydrogen-bond donors (Lipinski definition) is 1. The summed E-state index contributed by atoms with van der Waals surface area (Å²) in [5.41, 5.74) is 2.29. The van der Waals surface area contributed by atoms with Gasteiger partial charge in [-0.25, -0.2) is 0 Å². The van der Waals surface area contributed by atoms with Crippen LogP contribution in [0.2, 0.25) is 0 Å². The average molecular weight is 353 g/mol. The lowest BCUT2D eigenvalue weighted by molar-refractivity contribution is 0.0949. The minimum atomic E-state index is -0.0950. The molecule has 1 heterocycles. The molecule has 2 rings (SSSR count). The zero-order chi connectivity index (χ0) is 13.0. The third kappa shape index (κ3) is 3.25. The van der Waals surface area contributed by atoms with Crippen LogP contribution in [0.4, 0.5) is 0 Å². The Bertz CT molecular complexity index is 554. The van der Waals surface area contributed by atoms with E-state index in [2.05, 4.69) is 37.9 Å². The first kappa shape index (κ1) is 12.9. The SMILES string of the molecule is Cc1cnc(CNC(=O)c2ccccc2I)cn1. The fourth-order valence-corrected chi connectivity index (χ4v) is 2.05. The summed E-state index contributed by atoms with van der Waals surface area (Å²) in [5, 5.41) is 2.83. The standard InChI is InChI=1S/C13H12IN3O/c1-9-6-16-10(7-15-9)8-17-13(18)11-4-2-3-5-12(11)14/h2-7H,8H2,1H3,(H,17,18). The second-order valence-electron chi connectivity index (χ2n) is 3.81. The van der Waals surface area contributed by atoms with Crippen LogP contribution >= 0.6 is 22.6 Å². The zero-order valence-corrected chi connectivity index (χ0v) is 12.0. The summed E-state index contributed by atoms with van der Waals surface area (Å²) in [4.78, 5) is 20.3. The molecule has 0 saturated carbocycles. The van der Waals surface area contributed by atoms with Crippen LogP contribution in [0, 0.1) is 10.5 Å². The molecule has 0 bridgehead atoms. The maximum absolute atomic E-state index is 11.9. The van der Waals surface area contributed by atoms with Crippen molar-refractivity contribution < 1.29 is 4.79 Å². The first-order valence-electron chi connectivity index (χ1n) is 5.47. The Morgan fingerprint density at radius 2 is 2.06 bits per heavy atom. The van der Waals surface area contributed by atoms with Crippen molar-refractivity contribution in [1.82, 2.24) is 15.3 Å². The molecule has 0 fully saturated rings. The van der Waals surface area contributed by atoms with Crippen LogP contribution in [0.1, 0.15) is 21.7 Å². The van der Waals surface area contributed by atoms with Crippen LogP contribution in [0.25, 0.3) is 0 Å². The maximum Gasteiger partial charge on any atom is 0.252 e. The minimum Gasteiger partial charge on any atom is -0.346 e. The first-order chi connectivity index (χ1) is 8.66. The smallest absolute Gasteiger partial charge is 0.252 e. The molecule has 0 aliphatic rings. The van der Waals surface area contributed by atoms with E-state index in [1.54, 1.807) is 18.5 Å². The lowest BCUT2D eigenvalue weighted by Gasteiger charge is -2.06. The number of halogens is 1. The summed E-state index contributed by atoms with van der Waals surface area (Å²) >= 11 is 2.15. The molecule has 0 saturated heterocycles. The molecule has 92 valence electrons. The summed E-state index contributed by atoms with van der Waals surface area (Å²) < 4.78 is 0.933. The number of benzene rings is 1. The molecule has 1 aromatic carbocycles. The highest BCUT2D eigenvalue weighted by Gasteiger charge is 2.08. The van der Waals surface area contributed by atoms with Gasteiger partial charge in [0.1, 0.15) is 0 Å². The van der Waals surface area contributed by atoms with Crippen molar-refractivity contribution in [3.63, 3.8) is 0 Å². The third-order valence-corrected chi connectivity index (χ3v) is 3.32. The minimum absolute atomic E-state index is 0.0950. The summed E-state index contributed by atoms with van der Waals surface area (Å²) in [5.74, 6) is -0.0950. The van der Waals surface area contributed by atoms with Gasteiger partial charge in [0.25, 0.3) is 5.91 Å². The van der Waals surface area contributed by atoms with Gasteiger partial charge in [0, 0.05) is 9.77 Å². The molecule has 1 amide bonds. The lowest BCUT2D eigenvalue weighted by Crippen LogP contribution is -2.24. The van der Waals surface area contributed by atoms with E-state index < -0.39 is 0 Å². The summed E-state index contributed by atoms with van der Waals surface area (Å²) in [7, 11) is 0. The molecule has 0 unspecified atom stereocenters. The Morgan fingerprint density at radius 1 is 1.28 bits per heavy atom. The van der Waals surface area contributed by atoms with Crippen LogP contribution in [0.15, 0.2) is 36.7 Å². The molecule has 0 aliphatic carbocycles. The molecular weight excluding hydrogens is 341 g/mol. The molecule has 1 N–H and O–H groups in total. The number of nitrogens with one attached hydrogen (secondary N) is 1. The predicted molar refractivity (Wildman–Crippen MR) is 77.1 cm³/mol. The third-order valence-electron chi connectivity index (χ3n) is 2.38. The topological polar surface area (TPSA) is 54.9 Å². The van der Waals surface area contributed by atoms with Gasteiger partial charge in [0.15, 0.2) is 0 Å². The molecule has 0 radical (unpaired) electrons. The van der Waals surface area contributed by atoms with Crippen molar-refractivity contribution in [2.75, 3.05) is 0 Å². The summed E-state index contributed by atoms with van der Waals surface area (Å²) in [6, 6.07) is 7.46. The molecule has 1 aromatic heterocycles. The van der Waals surface area contributed by atoms with E-state index >= 15 is 0 Å². The Hall–Kier alpha value is -1.50. The Balaban J connectivity index is 2.01. The summed E-state index contributed by atoms with van der Waals surface area (Å²) in [6.45, 7) is 2.26. The van der Waals surface area contributed by atoms with Gasteiger partial charge in [-0.15, -0.1) is 0 Å². The van der Waals surface area contributed by atoms with E-state index in [4.69, 9.17) is 0 Å². The Labute approximate surface area is 119 Å². The molecule has 18 heavy (non-hydrogen) atoms. The quantitative estimate of drug-likeness (QED) is 0.862. The average Bonchev–Trinajstić information content (AvgIpc) is 2.38. The van der Waals surface area contributed by atoms with Crippen LogP contribution in [-0.2, 0) is 6.54 Å². The number of amides is 1. The monoisotopic (exact) mass is 353 g/mol. The van der Waals surface area contributed by atoms with E-state index in [-0.39, 0.29) is 5.91 Å². The molecule has 0 atom stereocenters.